The van der Waals surface area contributed by atoms with Crippen molar-refractivity contribution in [3.05, 3.63) is 70.7 Å². The van der Waals surface area contributed by atoms with Crippen LogP contribution in [0.5, 0.6) is 0 Å². The topological polar surface area (TPSA) is 20.3 Å². The van der Waals surface area contributed by atoms with E-state index < -0.39 is 0 Å². The minimum absolute atomic E-state index is 0.156. The highest BCUT2D eigenvalue weighted by atomic mass is 35.5. The predicted molar refractivity (Wildman–Crippen MR) is 87.7 cm³/mol. The lowest BCUT2D eigenvalue weighted by molar-refractivity contribution is -0.119. The van der Waals surface area contributed by atoms with Gasteiger partial charge >= 0.3 is 0 Å². The summed E-state index contributed by atoms with van der Waals surface area (Å²) in [6.45, 7) is 2.52. The Morgan fingerprint density at radius 3 is 2.52 bits per heavy atom. The van der Waals surface area contributed by atoms with Gasteiger partial charge in [0.05, 0.1) is 6.54 Å². The fourth-order valence-electron chi connectivity index (χ4n) is 2.32. The molecule has 0 spiro atoms. The van der Waals surface area contributed by atoms with Gasteiger partial charge in [-0.3, -0.25) is 9.69 Å². The Hall–Kier alpha value is -1.64. The fraction of sp³-hybridized carbons (Fsp3) is 0.278. The molecule has 0 aliphatic carbocycles. The van der Waals surface area contributed by atoms with Gasteiger partial charge in [0, 0.05) is 17.5 Å². The second kappa shape index (κ2) is 7.39. The molecule has 3 heteroatoms. The van der Waals surface area contributed by atoms with Crippen molar-refractivity contribution in [2.45, 2.75) is 19.4 Å². The van der Waals surface area contributed by atoms with Crippen molar-refractivity contribution in [2.24, 2.45) is 0 Å². The molecule has 1 unspecified atom stereocenters. The highest BCUT2D eigenvalue weighted by Crippen LogP contribution is 2.21. The molecule has 2 nitrogen and oxygen atoms in total. The average Bonchev–Trinajstić information content (AvgIpc) is 2.47. The monoisotopic (exact) mass is 301 g/mol. The van der Waals surface area contributed by atoms with Crippen LogP contribution in [0.25, 0.3) is 0 Å². The van der Waals surface area contributed by atoms with Gasteiger partial charge in [-0.1, -0.05) is 54.1 Å². The first-order chi connectivity index (χ1) is 10.1. The molecular formula is C18H20ClNO. The molecule has 0 aromatic heterocycles. The first kappa shape index (κ1) is 15.7. The van der Waals surface area contributed by atoms with Crippen molar-refractivity contribution in [3.8, 4) is 0 Å². The zero-order valence-electron chi connectivity index (χ0n) is 12.4. The first-order valence-electron chi connectivity index (χ1n) is 7.07. The van der Waals surface area contributed by atoms with Crippen LogP contribution >= 0.6 is 11.6 Å². The number of halogens is 1. The summed E-state index contributed by atoms with van der Waals surface area (Å²) in [6, 6.07) is 17.8. The summed E-state index contributed by atoms with van der Waals surface area (Å²) >= 11 is 6.02. The number of hydrogen-bond donors (Lipinski definition) is 0. The summed E-state index contributed by atoms with van der Waals surface area (Å²) in [5, 5.41) is 0.725. The van der Waals surface area contributed by atoms with E-state index in [1.165, 1.54) is 0 Å². The average molecular weight is 302 g/mol. The Kier molecular flexibility index (Phi) is 5.54. The third-order valence-corrected chi connectivity index (χ3v) is 3.90. The number of ketones is 1. The Morgan fingerprint density at radius 2 is 1.86 bits per heavy atom. The van der Waals surface area contributed by atoms with Crippen molar-refractivity contribution in [2.75, 3.05) is 13.6 Å². The van der Waals surface area contributed by atoms with E-state index in [1.54, 1.807) is 0 Å². The Morgan fingerprint density at radius 1 is 1.14 bits per heavy atom. The molecule has 0 saturated carbocycles. The molecule has 110 valence electrons. The van der Waals surface area contributed by atoms with Crippen LogP contribution in [0.2, 0.25) is 5.02 Å². The molecule has 0 bridgehead atoms. The lowest BCUT2D eigenvalue weighted by atomic mass is 10.1. The number of Topliss-reactive ketones (excluding diaryl/α,β-unsaturated/α-hetero) is 1. The molecule has 0 radical (unpaired) electrons. The number of hydrogen-bond acceptors (Lipinski definition) is 2. The van der Waals surface area contributed by atoms with Gasteiger partial charge in [-0.05, 0) is 37.2 Å². The standard InChI is InChI=1S/C18H20ClNO/c1-14(16-9-6-10-17(19)12-16)20(2)13-18(21)11-15-7-4-3-5-8-15/h3-10,12,14H,11,13H2,1-2H3. The van der Waals surface area contributed by atoms with Crippen molar-refractivity contribution in [1.82, 2.24) is 4.90 Å². The van der Waals surface area contributed by atoms with Crippen molar-refractivity contribution in [3.63, 3.8) is 0 Å². The van der Waals surface area contributed by atoms with E-state index >= 15 is 0 Å². The van der Waals surface area contributed by atoms with Crippen LogP contribution in [0, 0.1) is 0 Å². The molecular weight excluding hydrogens is 282 g/mol. The predicted octanol–water partition coefficient (Wildman–Crippen LogP) is 4.14. The van der Waals surface area contributed by atoms with Crippen LogP contribution in [0.4, 0.5) is 0 Å². The fourth-order valence-corrected chi connectivity index (χ4v) is 2.51. The summed E-state index contributed by atoms with van der Waals surface area (Å²) in [5.41, 5.74) is 2.18. The minimum Gasteiger partial charge on any atom is -0.298 e. The van der Waals surface area contributed by atoms with Gasteiger partial charge in [0.1, 0.15) is 0 Å². The van der Waals surface area contributed by atoms with Gasteiger partial charge in [-0.2, -0.15) is 0 Å². The van der Waals surface area contributed by atoms with E-state index in [9.17, 15) is 4.79 Å². The van der Waals surface area contributed by atoms with E-state index in [-0.39, 0.29) is 11.8 Å². The minimum atomic E-state index is 0.156. The smallest absolute Gasteiger partial charge is 0.151 e. The van der Waals surface area contributed by atoms with Crippen LogP contribution in [0.1, 0.15) is 24.1 Å². The van der Waals surface area contributed by atoms with Crippen LogP contribution in [-0.2, 0) is 11.2 Å². The highest BCUT2D eigenvalue weighted by molar-refractivity contribution is 6.30. The van der Waals surface area contributed by atoms with Crippen LogP contribution in [-0.4, -0.2) is 24.3 Å². The first-order valence-corrected chi connectivity index (χ1v) is 7.45. The van der Waals surface area contributed by atoms with E-state index in [0.29, 0.717) is 13.0 Å². The Labute approximate surface area is 131 Å². The number of carbonyl (C=O) groups excluding carboxylic acids is 1. The zero-order valence-corrected chi connectivity index (χ0v) is 13.2. The van der Waals surface area contributed by atoms with E-state index in [2.05, 4.69) is 11.8 Å². The largest absolute Gasteiger partial charge is 0.298 e. The molecule has 1 atom stereocenters. The van der Waals surface area contributed by atoms with Gasteiger partial charge < -0.3 is 0 Å². The SMILES string of the molecule is CC(c1cccc(Cl)c1)N(C)CC(=O)Cc1ccccc1. The maximum Gasteiger partial charge on any atom is 0.151 e. The van der Waals surface area contributed by atoms with Crippen LogP contribution in [0.15, 0.2) is 54.6 Å². The molecule has 0 fully saturated rings. The van der Waals surface area contributed by atoms with Gasteiger partial charge in [-0.25, -0.2) is 0 Å². The van der Waals surface area contributed by atoms with E-state index in [0.717, 1.165) is 16.1 Å². The molecule has 2 aromatic rings. The molecule has 0 heterocycles. The summed E-state index contributed by atoms with van der Waals surface area (Å²) in [7, 11) is 1.97. The van der Waals surface area contributed by atoms with Crippen molar-refractivity contribution < 1.29 is 4.79 Å². The number of benzene rings is 2. The van der Waals surface area contributed by atoms with Gasteiger partial charge in [0.25, 0.3) is 0 Å². The van der Waals surface area contributed by atoms with Crippen LogP contribution < -0.4 is 0 Å². The summed E-state index contributed by atoms with van der Waals surface area (Å²) in [4.78, 5) is 14.2. The van der Waals surface area contributed by atoms with Gasteiger partial charge in [-0.15, -0.1) is 0 Å². The second-order valence-electron chi connectivity index (χ2n) is 5.35. The van der Waals surface area contributed by atoms with E-state index in [1.807, 2.05) is 61.6 Å². The maximum atomic E-state index is 12.2. The zero-order chi connectivity index (χ0) is 15.2. The highest BCUT2D eigenvalue weighted by Gasteiger charge is 2.15. The Bertz CT molecular complexity index is 597. The maximum absolute atomic E-state index is 12.2. The number of nitrogens with zero attached hydrogens (tertiary/aromatic N) is 1. The lowest BCUT2D eigenvalue weighted by Crippen LogP contribution is -2.29. The lowest BCUT2D eigenvalue weighted by Gasteiger charge is -2.24. The summed E-state index contributed by atoms with van der Waals surface area (Å²) in [6.07, 6.45) is 0.480. The number of likely N-dealkylation sites (N-methyl/N-ethyl adjacent to an activating group) is 1. The van der Waals surface area contributed by atoms with E-state index in [4.69, 9.17) is 11.6 Å². The third-order valence-electron chi connectivity index (χ3n) is 3.66. The van der Waals surface area contributed by atoms with Gasteiger partial charge in [0.15, 0.2) is 5.78 Å². The van der Waals surface area contributed by atoms with Gasteiger partial charge in [0.2, 0.25) is 0 Å². The molecule has 0 aliphatic rings. The van der Waals surface area contributed by atoms with Crippen LogP contribution in [0.3, 0.4) is 0 Å². The molecule has 2 rings (SSSR count). The molecule has 0 amide bonds. The normalized spacial score (nSPS) is 12.4. The second-order valence-corrected chi connectivity index (χ2v) is 5.78. The summed E-state index contributed by atoms with van der Waals surface area (Å²) < 4.78 is 0. The Balaban J connectivity index is 1.94. The molecule has 0 saturated heterocycles. The third kappa shape index (κ3) is 4.69. The van der Waals surface area contributed by atoms with Crippen molar-refractivity contribution >= 4 is 17.4 Å². The number of carbonyl (C=O) groups is 1. The molecule has 21 heavy (non-hydrogen) atoms. The number of rotatable bonds is 6. The molecule has 0 aliphatic heterocycles. The molecule has 0 N–H and O–H groups in total. The quantitative estimate of drug-likeness (QED) is 0.799. The summed E-state index contributed by atoms with van der Waals surface area (Å²) in [5.74, 6) is 0.220. The van der Waals surface area contributed by atoms with Crippen molar-refractivity contribution in [1.29, 1.82) is 0 Å². The molecule has 2 aromatic carbocycles.